The molecule has 1 fully saturated rings. The summed E-state index contributed by atoms with van der Waals surface area (Å²) in [6.45, 7) is 0.494. The zero-order valence-electron chi connectivity index (χ0n) is 22.7. The number of amides is 1. The number of hydrogen-bond acceptors (Lipinski definition) is 4. The number of hydrogen-bond donors (Lipinski definition) is 0. The summed E-state index contributed by atoms with van der Waals surface area (Å²) >= 11 is 0. The van der Waals surface area contributed by atoms with Crippen LogP contribution in [0.15, 0.2) is 109 Å². The molecule has 1 aliphatic rings. The molecular weight excluding hydrogens is 517 g/mol. The molecule has 2 atom stereocenters. The summed E-state index contributed by atoms with van der Waals surface area (Å²) in [5, 5.41) is 0. The van der Waals surface area contributed by atoms with Crippen molar-refractivity contribution in [3.05, 3.63) is 132 Å². The van der Waals surface area contributed by atoms with Crippen LogP contribution < -0.4 is 4.74 Å². The van der Waals surface area contributed by atoms with Gasteiger partial charge >= 0.3 is 0 Å². The number of halogens is 1. The van der Waals surface area contributed by atoms with E-state index in [1.165, 1.54) is 17.7 Å². The molecule has 0 aromatic heterocycles. The Morgan fingerprint density at radius 2 is 1.34 bits per heavy atom. The van der Waals surface area contributed by atoms with Crippen LogP contribution in [0.25, 0.3) is 0 Å². The van der Waals surface area contributed by atoms with Gasteiger partial charge in [-0.25, -0.2) is 4.39 Å². The molecule has 1 saturated heterocycles. The predicted molar refractivity (Wildman–Crippen MR) is 155 cm³/mol. The molecule has 5 rings (SSSR count). The number of benzene rings is 4. The van der Waals surface area contributed by atoms with Gasteiger partial charge in [0.05, 0.1) is 6.04 Å². The van der Waals surface area contributed by atoms with Gasteiger partial charge in [0.2, 0.25) is 5.91 Å². The molecule has 0 radical (unpaired) electrons. The van der Waals surface area contributed by atoms with Crippen molar-refractivity contribution >= 4 is 17.5 Å². The number of nitrogens with zero attached hydrogens (tertiary/aromatic N) is 1. The number of carbonyl (C=O) groups is 3. The van der Waals surface area contributed by atoms with Gasteiger partial charge in [0.1, 0.15) is 17.3 Å². The lowest BCUT2D eigenvalue weighted by atomic mass is 9.94. The van der Waals surface area contributed by atoms with Crippen LogP contribution in [0.3, 0.4) is 0 Å². The summed E-state index contributed by atoms with van der Waals surface area (Å²) in [6, 6.07) is 31.5. The minimum atomic E-state index is -0.529. The summed E-state index contributed by atoms with van der Waals surface area (Å²) in [7, 11) is 0. The molecule has 208 valence electrons. The van der Waals surface area contributed by atoms with Crippen LogP contribution in [0, 0.1) is 11.7 Å². The minimum absolute atomic E-state index is 0.0181. The highest BCUT2D eigenvalue weighted by molar-refractivity contribution is 5.98. The lowest BCUT2D eigenvalue weighted by molar-refractivity contribution is -0.137. The van der Waals surface area contributed by atoms with E-state index >= 15 is 0 Å². The van der Waals surface area contributed by atoms with E-state index in [1.807, 2.05) is 36.4 Å². The number of Topliss-reactive ketones (excluding diaryl/α,β-unsaturated/α-hetero) is 2. The second-order valence-corrected chi connectivity index (χ2v) is 10.5. The molecule has 1 amide bonds. The lowest BCUT2D eigenvalue weighted by Gasteiger charge is -2.24. The third-order valence-corrected chi connectivity index (χ3v) is 7.46. The molecule has 1 heterocycles. The molecule has 0 saturated carbocycles. The average molecular weight is 550 g/mol. The van der Waals surface area contributed by atoms with Gasteiger partial charge in [-0.1, -0.05) is 72.8 Å². The monoisotopic (exact) mass is 549 g/mol. The van der Waals surface area contributed by atoms with E-state index in [9.17, 15) is 18.8 Å². The SMILES string of the molecule is O=C(CCC(=O)N1C[C@H](Cc2ccccc2)C[C@H]1C(=O)Cc1ccc(Oc2ccc(F)cc2)cc1)c1ccccc1. The van der Waals surface area contributed by atoms with Crippen molar-refractivity contribution in [1.82, 2.24) is 4.90 Å². The van der Waals surface area contributed by atoms with Crippen molar-refractivity contribution < 1.29 is 23.5 Å². The van der Waals surface area contributed by atoms with Gasteiger partial charge in [0.25, 0.3) is 0 Å². The molecule has 4 aromatic rings. The van der Waals surface area contributed by atoms with E-state index in [0.717, 1.165) is 12.0 Å². The summed E-state index contributed by atoms with van der Waals surface area (Å²) in [4.78, 5) is 41.2. The average Bonchev–Trinajstić information content (AvgIpc) is 3.43. The van der Waals surface area contributed by atoms with E-state index in [0.29, 0.717) is 30.0 Å². The van der Waals surface area contributed by atoms with Crippen molar-refractivity contribution in [1.29, 1.82) is 0 Å². The minimum Gasteiger partial charge on any atom is -0.457 e. The van der Waals surface area contributed by atoms with Crippen LogP contribution in [-0.2, 0) is 22.4 Å². The molecule has 0 bridgehead atoms. The van der Waals surface area contributed by atoms with Crippen LogP contribution in [0.4, 0.5) is 4.39 Å². The van der Waals surface area contributed by atoms with Crippen molar-refractivity contribution in [3.8, 4) is 11.5 Å². The third kappa shape index (κ3) is 7.54. The number of likely N-dealkylation sites (tertiary alicyclic amines) is 1. The molecule has 4 aromatic carbocycles. The normalized spacial score (nSPS) is 16.4. The molecule has 0 aliphatic carbocycles. The Morgan fingerprint density at radius 3 is 2.00 bits per heavy atom. The summed E-state index contributed by atoms with van der Waals surface area (Å²) in [6.07, 6.45) is 1.75. The van der Waals surface area contributed by atoms with Gasteiger partial charge in [-0.2, -0.15) is 0 Å². The molecule has 1 aliphatic heterocycles. The van der Waals surface area contributed by atoms with Gasteiger partial charge in [0.15, 0.2) is 11.6 Å². The Hall–Kier alpha value is -4.58. The van der Waals surface area contributed by atoms with E-state index in [1.54, 1.807) is 53.4 Å². The summed E-state index contributed by atoms with van der Waals surface area (Å²) in [5.41, 5.74) is 2.58. The Labute approximate surface area is 239 Å². The molecule has 41 heavy (non-hydrogen) atoms. The maximum atomic E-state index is 13.6. The van der Waals surface area contributed by atoms with Crippen LogP contribution in [-0.4, -0.2) is 35.0 Å². The molecular formula is C35H32FNO4. The molecule has 0 N–H and O–H groups in total. The predicted octanol–water partition coefficient (Wildman–Crippen LogP) is 6.85. The quantitative estimate of drug-likeness (QED) is 0.192. The maximum absolute atomic E-state index is 13.6. The van der Waals surface area contributed by atoms with Crippen molar-refractivity contribution in [2.75, 3.05) is 6.54 Å². The van der Waals surface area contributed by atoms with Gasteiger partial charge in [-0.15, -0.1) is 0 Å². The second-order valence-electron chi connectivity index (χ2n) is 10.5. The van der Waals surface area contributed by atoms with Gasteiger partial charge in [-0.05, 0) is 66.3 Å². The largest absolute Gasteiger partial charge is 0.457 e. The fourth-order valence-corrected chi connectivity index (χ4v) is 5.36. The van der Waals surface area contributed by atoms with Crippen LogP contribution in [0.2, 0.25) is 0 Å². The van der Waals surface area contributed by atoms with E-state index < -0.39 is 6.04 Å². The van der Waals surface area contributed by atoms with E-state index in [-0.39, 0.29) is 48.5 Å². The highest BCUT2D eigenvalue weighted by atomic mass is 19.1. The number of rotatable bonds is 11. The zero-order chi connectivity index (χ0) is 28.6. The molecule has 5 nitrogen and oxygen atoms in total. The van der Waals surface area contributed by atoms with Gasteiger partial charge in [-0.3, -0.25) is 14.4 Å². The Balaban J connectivity index is 1.24. The Bertz CT molecular complexity index is 1470. The van der Waals surface area contributed by atoms with Crippen molar-refractivity contribution in [2.45, 2.75) is 38.1 Å². The first kappa shape index (κ1) is 28.0. The Kier molecular flexibility index (Phi) is 8.99. The lowest BCUT2D eigenvalue weighted by Crippen LogP contribution is -2.41. The first-order chi connectivity index (χ1) is 19.9. The number of ether oxygens (including phenoxy) is 1. The van der Waals surface area contributed by atoms with E-state index in [4.69, 9.17) is 4.74 Å². The fourth-order valence-electron chi connectivity index (χ4n) is 5.36. The van der Waals surface area contributed by atoms with Gasteiger partial charge in [0, 0.05) is 31.4 Å². The van der Waals surface area contributed by atoms with Crippen molar-refractivity contribution in [3.63, 3.8) is 0 Å². The molecule has 6 heteroatoms. The highest BCUT2D eigenvalue weighted by Gasteiger charge is 2.39. The first-order valence-electron chi connectivity index (χ1n) is 13.9. The summed E-state index contributed by atoms with van der Waals surface area (Å²) < 4.78 is 18.9. The van der Waals surface area contributed by atoms with Crippen molar-refractivity contribution in [2.24, 2.45) is 5.92 Å². The number of ketones is 2. The zero-order valence-corrected chi connectivity index (χ0v) is 22.7. The third-order valence-electron chi connectivity index (χ3n) is 7.46. The maximum Gasteiger partial charge on any atom is 0.223 e. The standard InChI is InChI=1S/C35H32FNO4/c36-29-13-17-31(18-14-29)41-30-15-11-26(12-16-30)23-34(39)32-22-27(21-25-7-3-1-4-8-25)24-37(32)35(40)20-19-33(38)28-9-5-2-6-10-28/h1-18,27,32H,19-24H2/t27-,32+/m1/s1. The van der Waals surface area contributed by atoms with Crippen LogP contribution in [0.5, 0.6) is 11.5 Å². The second kappa shape index (κ2) is 13.2. The van der Waals surface area contributed by atoms with Crippen LogP contribution >= 0.6 is 0 Å². The fraction of sp³-hybridized carbons (Fsp3) is 0.229. The van der Waals surface area contributed by atoms with E-state index in [2.05, 4.69) is 12.1 Å². The highest BCUT2D eigenvalue weighted by Crippen LogP contribution is 2.29. The first-order valence-corrected chi connectivity index (χ1v) is 13.9. The topological polar surface area (TPSA) is 63.7 Å². The summed E-state index contributed by atoms with van der Waals surface area (Å²) in [5.74, 6) is 0.666. The smallest absolute Gasteiger partial charge is 0.223 e. The van der Waals surface area contributed by atoms with Gasteiger partial charge < -0.3 is 9.64 Å². The molecule has 0 unspecified atom stereocenters. The van der Waals surface area contributed by atoms with Crippen LogP contribution in [0.1, 0.15) is 40.7 Å². The number of carbonyl (C=O) groups excluding carboxylic acids is 3. The molecule has 0 spiro atoms. The Morgan fingerprint density at radius 1 is 0.732 bits per heavy atom.